The van der Waals surface area contributed by atoms with E-state index >= 15 is 0 Å². The molecule has 0 spiro atoms. The Bertz CT molecular complexity index is 986. The first-order chi connectivity index (χ1) is 14.1. The van der Waals surface area contributed by atoms with Gasteiger partial charge in [-0.25, -0.2) is 4.39 Å². The van der Waals surface area contributed by atoms with Gasteiger partial charge in [-0.3, -0.25) is 14.8 Å². The first-order valence-electron chi connectivity index (χ1n) is 9.98. The lowest BCUT2D eigenvalue weighted by Crippen LogP contribution is -2.35. The summed E-state index contributed by atoms with van der Waals surface area (Å²) in [5.74, 6) is -0.220. The van der Waals surface area contributed by atoms with Crippen LogP contribution in [0.25, 0.3) is 11.3 Å². The van der Waals surface area contributed by atoms with Crippen LogP contribution in [-0.4, -0.2) is 52.1 Å². The zero-order valence-electron chi connectivity index (χ0n) is 16.6. The van der Waals surface area contributed by atoms with Gasteiger partial charge in [0.2, 0.25) is 0 Å². The fraction of sp³-hybridized carbons (Fsp3) is 0.304. The Morgan fingerprint density at radius 2 is 1.90 bits per heavy atom. The van der Waals surface area contributed by atoms with Gasteiger partial charge < -0.3 is 4.90 Å². The number of carbonyl (C=O) groups is 1. The van der Waals surface area contributed by atoms with Crippen molar-refractivity contribution in [3.63, 3.8) is 0 Å². The molecular formula is C23H25FN4O. The number of aromatic amines is 1. The highest BCUT2D eigenvalue weighted by molar-refractivity contribution is 5.95. The molecular weight excluding hydrogens is 367 g/mol. The predicted molar refractivity (Wildman–Crippen MR) is 111 cm³/mol. The van der Waals surface area contributed by atoms with Crippen molar-refractivity contribution >= 4 is 5.91 Å². The number of hydrogen-bond donors (Lipinski definition) is 1. The highest BCUT2D eigenvalue weighted by atomic mass is 19.1. The minimum atomic E-state index is -0.210. The fourth-order valence-electron chi connectivity index (χ4n) is 3.87. The molecule has 5 nitrogen and oxygen atoms in total. The molecule has 1 fully saturated rings. The Labute approximate surface area is 170 Å². The number of nitrogens with one attached hydrogen (secondary N) is 1. The molecule has 0 saturated carbocycles. The Morgan fingerprint density at radius 1 is 1.07 bits per heavy atom. The molecule has 0 bridgehead atoms. The number of H-pyrrole nitrogens is 1. The second-order valence-electron chi connectivity index (χ2n) is 7.49. The summed E-state index contributed by atoms with van der Waals surface area (Å²) in [7, 11) is 0. The lowest BCUT2D eigenvalue weighted by Gasteiger charge is -2.22. The Kier molecular flexibility index (Phi) is 5.71. The smallest absolute Gasteiger partial charge is 0.272 e. The molecule has 1 amide bonds. The van der Waals surface area contributed by atoms with E-state index < -0.39 is 0 Å². The maximum atomic E-state index is 13.4. The fourth-order valence-corrected chi connectivity index (χ4v) is 3.87. The Morgan fingerprint density at radius 3 is 2.69 bits per heavy atom. The van der Waals surface area contributed by atoms with E-state index in [0.717, 1.165) is 41.9 Å². The van der Waals surface area contributed by atoms with Crippen molar-refractivity contribution < 1.29 is 9.18 Å². The molecule has 0 aliphatic carbocycles. The van der Waals surface area contributed by atoms with Crippen LogP contribution >= 0.6 is 0 Å². The van der Waals surface area contributed by atoms with Crippen LogP contribution in [-0.2, 0) is 6.54 Å². The molecule has 4 rings (SSSR count). The zero-order valence-corrected chi connectivity index (χ0v) is 16.6. The zero-order chi connectivity index (χ0) is 20.2. The average Bonchev–Trinajstić information content (AvgIpc) is 2.96. The summed E-state index contributed by atoms with van der Waals surface area (Å²) in [5.41, 5.74) is 4.21. The number of amides is 1. The van der Waals surface area contributed by atoms with Crippen LogP contribution < -0.4 is 0 Å². The van der Waals surface area contributed by atoms with Crippen molar-refractivity contribution in [3.8, 4) is 11.3 Å². The maximum Gasteiger partial charge on any atom is 0.272 e. The second kappa shape index (κ2) is 8.57. The number of halogens is 1. The summed E-state index contributed by atoms with van der Waals surface area (Å²) in [6, 6.07) is 16.6. The van der Waals surface area contributed by atoms with Crippen LogP contribution in [0.3, 0.4) is 0 Å². The summed E-state index contributed by atoms with van der Waals surface area (Å²) in [5, 5.41) is 7.34. The lowest BCUT2D eigenvalue weighted by molar-refractivity contribution is 0.0754. The van der Waals surface area contributed by atoms with Crippen molar-refractivity contribution in [1.29, 1.82) is 0 Å². The summed E-state index contributed by atoms with van der Waals surface area (Å²) >= 11 is 0. The van der Waals surface area contributed by atoms with E-state index in [4.69, 9.17) is 0 Å². The average molecular weight is 392 g/mol. The maximum absolute atomic E-state index is 13.4. The molecule has 6 heteroatoms. The molecule has 1 aromatic heterocycles. The van der Waals surface area contributed by atoms with Gasteiger partial charge >= 0.3 is 0 Å². The number of hydrogen-bond acceptors (Lipinski definition) is 3. The molecule has 0 atom stereocenters. The molecule has 150 valence electrons. The molecule has 1 aliphatic heterocycles. The molecule has 2 heterocycles. The molecule has 2 aromatic carbocycles. The van der Waals surface area contributed by atoms with E-state index in [1.165, 1.54) is 6.07 Å². The topological polar surface area (TPSA) is 52.2 Å². The van der Waals surface area contributed by atoms with E-state index in [0.29, 0.717) is 25.3 Å². The third-order valence-corrected chi connectivity index (χ3v) is 5.44. The van der Waals surface area contributed by atoms with Crippen LogP contribution in [0, 0.1) is 12.7 Å². The van der Waals surface area contributed by atoms with Gasteiger partial charge in [-0.2, -0.15) is 5.10 Å². The van der Waals surface area contributed by atoms with Crippen LogP contribution in [0.2, 0.25) is 0 Å². The summed E-state index contributed by atoms with van der Waals surface area (Å²) in [6.45, 7) is 5.64. The molecule has 29 heavy (non-hydrogen) atoms. The van der Waals surface area contributed by atoms with E-state index in [-0.39, 0.29) is 11.7 Å². The summed E-state index contributed by atoms with van der Waals surface area (Å²) in [4.78, 5) is 17.3. The van der Waals surface area contributed by atoms with E-state index in [9.17, 15) is 9.18 Å². The minimum absolute atomic E-state index is 0.00946. The molecule has 1 N–H and O–H groups in total. The van der Waals surface area contributed by atoms with E-state index in [2.05, 4.69) is 15.1 Å². The highest BCUT2D eigenvalue weighted by Gasteiger charge is 2.24. The third kappa shape index (κ3) is 4.38. The second-order valence-corrected chi connectivity index (χ2v) is 7.49. The quantitative estimate of drug-likeness (QED) is 0.733. The normalized spacial score (nSPS) is 15.3. The standard InChI is InChI=1S/C23H25FN4O/c1-17-21(19-8-3-2-4-9-19)25-26-22(17)23(29)28-12-6-11-27(13-14-28)16-18-7-5-10-20(24)15-18/h2-5,7-10,15H,6,11-14,16H2,1H3,(H,25,26). The molecule has 1 saturated heterocycles. The number of nitrogens with zero attached hydrogens (tertiary/aromatic N) is 3. The highest BCUT2D eigenvalue weighted by Crippen LogP contribution is 2.24. The summed E-state index contributed by atoms with van der Waals surface area (Å²) in [6.07, 6.45) is 0.889. The molecule has 0 radical (unpaired) electrons. The van der Waals surface area contributed by atoms with Gasteiger partial charge in [-0.1, -0.05) is 42.5 Å². The van der Waals surface area contributed by atoms with Gasteiger partial charge in [0, 0.05) is 43.9 Å². The number of carbonyl (C=O) groups excluding carboxylic acids is 1. The number of rotatable bonds is 4. The first-order valence-corrected chi connectivity index (χ1v) is 9.98. The van der Waals surface area contributed by atoms with Crippen molar-refractivity contribution in [3.05, 3.63) is 77.2 Å². The monoisotopic (exact) mass is 392 g/mol. The predicted octanol–water partition coefficient (Wildman–Crippen LogP) is 3.87. The lowest BCUT2D eigenvalue weighted by atomic mass is 10.1. The molecule has 3 aromatic rings. The van der Waals surface area contributed by atoms with Crippen molar-refractivity contribution in [1.82, 2.24) is 20.0 Å². The van der Waals surface area contributed by atoms with Crippen molar-refractivity contribution in [2.24, 2.45) is 0 Å². The molecule has 0 unspecified atom stereocenters. The van der Waals surface area contributed by atoms with E-state index in [1.54, 1.807) is 12.1 Å². The van der Waals surface area contributed by atoms with E-state index in [1.807, 2.05) is 48.2 Å². The van der Waals surface area contributed by atoms with Gasteiger partial charge in [0.15, 0.2) is 0 Å². The van der Waals surface area contributed by atoms with Crippen molar-refractivity contribution in [2.75, 3.05) is 26.2 Å². The minimum Gasteiger partial charge on any atom is -0.336 e. The third-order valence-electron chi connectivity index (χ3n) is 5.44. The number of aromatic nitrogens is 2. The SMILES string of the molecule is Cc1c(-c2ccccc2)n[nH]c1C(=O)N1CCCN(Cc2cccc(F)c2)CC1. The van der Waals surface area contributed by atoms with Crippen LogP contribution in [0.5, 0.6) is 0 Å². The Hall–Kier alpha value is -2.99. The van der Waals surface area contributed by atoms with Gasteiger partial charge in [0.05, 0.1) is 5.69 Å². The first kappa shape index (κ1) is 19.3. The summed E-state index contributed by atoms with van der Waals surface area (Å²) < 4.78 is 13.4. The largest absolute Gasteiger partial charge is 0.336 e. The van der Waals surface area contributed by atoms with Gasteiger partial charge in [0.25, 0.3) is 5.91 Å². The van der Waals surface area contributed by atoms with Gasteiger partial charge in [0.1, 0.15) is 11.5 Å². The van der Waals surface area contributed by atoms with Crippen LogP contribution in [0.4, 0.5) is 4.39 Å². The van der Waals surface area contributed by atoms with Gasteiger partial charge in [-0.05, 0) is 31.0 Å². The van der Waals surface area contributed by atoms with Gasteiger partial charge in [-0.15, -0.1) is 0 Å². The Balaban J connectivity index is 1.43. The number of benzene rings is 2. The van der Waals surface area contributed by atoms with Crippen LogP contribution in [0.1, 0.15) is 28.0 Å². The van der Waals surface area contributed by atoms with Crippen LogP contribution in [0.15, 0.2) is 54.6 Å². The van der Waals surface area contributed by atoms with Crippen molar-refractivity contribution in [2.45, 2.75) is 19.9 Å². The molecule has 1 aliphatic rings.